The predicted octanol–water partition coefficient (Wildman–Crippen LogP) is 0.0286. The highest BCUT2D eigenvalue weighted by Crippen LogP contribution is 2.20. The van der Waals surface area contributed by atoms with Gasteiger partial charge in [0.1, 0.15) is 5.54 Å². The summed E-state index contributed by atoms with van der Waals surface area (Å²) in [5.41, 5.74) is -0.567. The molecule has 1 aliphatic rings. The first-order valence-corrected chi connectivity index (χ1v) is 7.87. The molecule has 2 rings (SSSR count). The molecular weight excluding hydrogens is 278 g/mol. The first-order chi connectivity index (χ1) is 9.29. The molecule has 0 amide bonds. The number of piperazine rings is 1. The zero-order valence-electron chi connectivity index (χ0n) is 11.9. The zero-order chi connectivity index (χ0) is 15.0. The van der Waals surface area contributed by atoms with Crippen molar-refractivity contribution < 1.29 is 8.42 Å². The number of sulfonamides is 1. The number of aryl methyl sites for hydroxylation is 1. The second-order valence-corrected chi connectivity index (χ2v) is 7.24. The van der Waals surface area contributed by atoms with Crippen molar-refractivity contribution in [2.75, 3.05) is 26.2 Å². The SMILES string of the molecule is Cn1nccc1S(=O)(=O)N1CCN(C(C)(C)C#N)CC1. The van der Waals surface area contributed by atoms with Crippen molar-refractivity contribution >= 4 is 10.0 Å². The topological polar surface area (TPSA) is 82.2 Å². The predicted molar refractivity (Wildman–Crippen MR) is 73.2 cm³/mol. The summed E-state index contributed by atoms with van der Waals surface area (Å²) in [5.74, 6) is 0. The molecule has 0 N–H and O–H groups in total. The van der Waals surface area contributed by atoms with Crippen LogP contribution in [0.1, 0.15) is 13.8 Å². The molecule has 1 aromatic rings. The number of rotatable bonds is 3. The molecule has 7 nitrogen and oxygen atoms in total. The van der Waals surface area contributed by atoms with E-state index in [0.717, 1.165) is 0 Å². The van der Waals surface area contributed by atoms with E-state index >= 15 is 0 Å². The van der Waals surface area contributed by atoms with Gasteiger partial charge in [-0.1, -0.05) is 0 Å². The molecule has 1 aromatic heterocycles. The van der Waals surface area contributed by atoms with Crippen LogP contribution >= 0.6 is 0 Å². The van der Waals surface area contributed by atoms with Crippen LogP contribution in [0.2, 0.25) is 0 Å². The molecule has 20 heavy (non-hydrogen) atoms. The molecule has 0 saturated carbocycles. The van der Waals surface area contributed by atoms with Crippen LogP contribution in [-0.4, -0.2) is 59.1 Å². The fourth-order valence-electron chi connectivity index (χ4n) is 2.31. The fourth-order valence-corrected chi connectivity index (χ4v) is 3.83. The lowest BCUT2D eigenvalue weighted by molar-refractivity contribution is 0.115. The van der Waals surface area contributed by atoms with E-state index in [1.807, 2.05) is 18.7 Å². The van der Waals surface area contributed by atoms with Crippen LogP contribution in [0.3, 0.4) is 0 Å². The summed E-state index contributed by atoms with van der Waals surface area (Å²) in [6.45, 7) is 5.57. The van der Waals surface area contributed by atoms with Crippen LogP contribution in [0.4, 0.5) is 0 Å². The third-order valence-electron chi connectivity index (χ3n) is 3.68. The van der Waals surface area contributed by atoms with E-state index < -0.39 is 15.6 Å². The average molecular weight is 297 g/mol. The Labute approximate surface area is 119 Å². The van der Waals surface area contributed by atoms with E-state index in [0.29, 0.717) is 26.2 Å². The van der Waals surface area contributed by atoms with E-state index in [4.69, 9.17) is 5.26 Å². The molecule has 1 aliphatic heterocycles. The molecule has 0 radical (unpaired) electrons. The van der Waals surface area contributed by atoms with Gasteiger partial charge in [-0.3, -0.25) is 9.58 Å². The van der Waals surface area contributed by atoms with E-state index in [2.05, 4.69) is 11.2 Å². The molecule has 0 aliphatic carbocycles. The number of aromatic nitrogens is 2. The Bertz CT molecular complexity index is 621. The van der Waals surface area contributed by atoms with Gasteiger partial charge in [-0.25, -0.2) is 8.42 Å². The van der Waals surface area contributed by atoms with Gasteiger partial charge in [-0.15, -0.1) is 0 Å². The van der Waals surface area contributed by atoms with Crippen LogP contribution in [0, 0.1) is 11.3 Å². The quantitative estimate of drug-likeness (QED) is 0.786. The van der Waals surface area contributed by atoms with Crippen LogP contribution in [-0.2, 0) is 17.1 Å². The molecule has 0 atom stereocenters. The Morgan fingerprint density at radius 3 is 2.35 bits per heavy atom. The minimum atomic E-state index is -3.50. The molecule has 8 heteroatoms. The van der Waals surface area contributed by atoms with Crippen LogP contribution in [0.25, 0.3) is 0 Å². The molecule has 0 bridgehead atoms. The lowest BCUT2D eigenvalue weighted by atomic mass is 10.0. The van der Waals surface area contributed by atoms with Crippen LogP contribution < -0.4 is 0 Å². The van der Waals surface area contributed by atoms with E-state index in [1.165, 1.54) is 21.3 Å². The van der Waals surface area contributed by atoms with Crippen LogP contribution in [0.5, 0.6) is 0 Å². The average Bonchev–Trinajstić information content (AvgIpc) is 2.86. The lowest BCUT2D eigenvalue weighted by Crippen LogP contribution is -2.55. The van der Waals surface area contributed by atoms with Crippen LogP contribution in [0.15, 0.2) is 17.3 Å². The van der Waals surface area contributed by atoms with Crippen molar-refractivity contribution in [3.05, 3.63) is 12.3 Å². The summed E-state index contributed by atoms with van der Waals surface area (Å²) in [4.78, 5) is 2.00. The maximum atomic E-state index is 12.5. The maximum absolute atomic E-state index is 12.5. The van der Waals surface area contributed by atoms with Gasteiger partial charge >= 0.3 is 0 Å². The first-order valence-electron chi connectivity index (χ1n) is 6.43. The summed E-state index contributed by atoms with van der Waals surface area (Å²) in [7, 11) is -1.89. The minimum Gasteiger partial charge on any atom is -0.283 e. The molecule has 0 unspecified atom stereocenters. The Morgan fingerprint density at radius 1 is 1.30 bits per heavy atom. The van der Waals surface area contributed by atoms with Crippen molar-refractivity contribution in [1.29, 1.82) is 5.26 Å². The van der Waals surface area contributed by atoms with Gasteiger partial charge in [0.05, 0.1) is 12.3 Å². The summed E-state index contributed by atoms with van der Waals surface area (Å²) >= 11 is 0. The second kappa shape index (κ2) is 5.16. The molecular formula is C12H19N5O2S. The van der Waals surface area contributed by atoms with Gasteiger partial charge in [0.15, 0.2) is 5.03 Å². The molecule has 1 saturated heterocycles. The first kappa shape index (κ1) is 15.0. The van der Waals surface area contributed by atoms with Gasteiger partial charge in [0.2, 0.25) is 0 Å². The lowest BCUT2D eigenvalue weighted by Gasteiger charge is -2.39. The van der Waals surface area contributed by atoms with E-state index in [1.54, 1.807) is 7.05 Å². The maximum Gasteiger partial charge on any atom is 0.260 e. The highest BCUT2D eigenvalue weighted by Gasteiger charge is 2.35. The Morgan fingerprint density at radius 2 is 1.90 bits per heavy atom. The Balaban J connectivity index is 2.12. The largest absolute Gasteiger partial charge is 0.283 e. The summed E-state index contributed by atoms with van der Waals surface area (Å²) in [6.07, 6.45) is 1.47. The third kappa shape index (κ3) is 2.57. The van der Waals surface area contributed by atoms with Crippen molar-refractivity contribution in [3.63, 3.8) is 0 Å². The molecule has 1 fully saturated rings. The van der Waals surface area contributed by atoms with Crippen molar-refractivity contribution in [2.45, 2.75) is 24.4 Å². The smallest absolute Gasteiger partial charge is 0.260 e. The van der Waals surface area contributed by atoms with E-state index in [-0.39, 0.29) is 5.03 Å². The van der Waals surface area contributed by atoms with Gasteiger partial charge in [-0.2, -0.15) is 14.7 Å². The number of nitrogens with zero attached hydrogens (tertiary/aromatic N) is 5. The van der Waals surface area contributed by atoms with Gasteiger partial charge in [0, 0.05) is 33.2 Å². The highest BCUT2D eigenvalue weighted by atomic mass is 32.2. The van der Waals surface area contributed by atoms with Crippen molar-refractivity contribution in [3.8, 4) is 6.07 Å². The number of nitriles is 1. The minimum absolute atomic E-state index is 0.200. The second-order valence-electron chi connectivity index (χ2n) is 5.36. The third-order valence-corrected chi connectivity index (χ3v) is 5.66. The Kier molecular flexibility index (Phi) is 3.86. The monoisotopic (exact) mass is 297 g/mol. The van der Waals surface area contributed by atoms with E-state index in [9.17, 15) is 8.42 Å². The summed E-state index contributed by atoms with van der Waals surface area (Å²) in [6, 6.07) is 3.75. The molecule has 0 aromatic carbocycles. The molecule has 110 valence electrons. The zero-order valence-corrected chi connectivity index (χ0v) is 12.8. The number of hydrogen-bond donors (Lipinski definition) is 0. The van der Waals surface area contributed by atoms with Gasteiger partial charge in [0.25, 0.3) is 10.0 Å². The Hall–Kier alpha value is -1.43. The molecule has 0 spiro atoms. The van der Waals surface area contributed by atoms with Gasteiger partial charge < -0.3 is 0 Å². The summed E-state index contributed by atoms with van der Waals surface area (Å²) < 4.78 is 27.8. The normalized spacial score (nSPS) is 18.9. The standard InChI is InChI=1S/C12H19N5O2S/c1-12(2,10-13)16-6-8-17(9-7-16)20(18,19)11-4-5-14-15(11)3/h4-5H,6-9H2,1-3H3. The fraction of sp³-hybridized carbons (Fsp3) is 0.667. The van der Waals surface area contributed by atoms with Crippen molar-refractivity contribution in [2.24, 2.45) is 7.05 Å². The number of hydrogen-bond acceptors (Lipinski definition) is 5. The van der Waals surface area contributed by atoms with Gasteiger partial charge in [-0.05, 0) is 19.9 Å². The molecule has 2 heterocycles. The summed E-state index contributed by atoms with van der Waals surface area (Å²) in [5, 5.41) is 13.2. The highest BCUT2D eigenvalue weighted by molar-refractivity contribution is 7.89. The van der Waals surface area contributed by atoms with Crippen molar-refractivity contribution in [1.82, 2.24) is 19.0 Å².